The van der Waals surface area contributed by atoms with E-state index in [1.54, 1.807) is 12.4 Å². The number of piperidine rings is 1. The standard InChI is InChI=1S/C13H16N4O/c1-9-15-12-7-14-5-4-11(12)13(16-9)17-6-2-3-10(18)8-17/h4-5,7,10,18H,2-3,6,8H2,1H3. The summed E-state index contributed by atoms with van der Waals surface area (Å²) in [5.74, 6) is 1.66. The zero-order chi connectivity index (χ0) is 12.5. The van der Waals surface area contributed by atoms with E-state index in [1.165, 1.54) is 0 Å². The van der Waals surface area contributed by atoms with E-state index in [-0.39, 0.29) is 6.10 Å². The van der Waals surface area contributed by atoms with Gasteiger partial charge in [0.1, 0.15) is 11.6 Å². The Hall–Kier alpha value is -1.75. The van der Waals surface area contributed by atoms with Gasteiger partial charge in [-0.15, -0.1) is 0 Å². The van der Waals surface area contributed by atoms with Gasteiger partial charge in [-0.1, -0.05) is 0 Å². The number of aliphatic hydroxyl groups is 1. The molecule has 2 aromatic heterocycles. The summed E-state index contributed by atoms with van der Waals surface area (Å²) in [5.41, 5.74) is 0.861. The number of hydrogen-bond acceptors (Lipinski definition) is 5. The Morgan fingerprint density at radius 3 is 3.11 bits per heavy atom. The summed E-state index contributed by atoms with van der Waals surface area (Å²) < 4.78 is 0. The Bertz CT molecular complexity index is 572. The lowest BCUT2D eigenvalue weighted by molar-refractivity contribution is 0.154. The molecule has 1 aliphatic heterocycles. The minimum absolute atomic E-state index is 0.258. The highest BCUT2D eigenvalue weighted by Crippen LogP contribution is 2.25. The Kier molecular flexibility index (Phi) is 2.83. The summed E-state index contributed by atoms with van der Waals surface area (Å²) in [7, 11) is 0. The van der Waals surface area contributed by atoms with Gasteiger partial charge < -0.3 is 10.0 Å². The molecular formula is C13H16N4O. The summed E-state index contributed by atoms with van der Waals surface area (Å²) >= 11 is 0. The summed E-state index contributed by atoms with van der Waals surface area (Å²) in [5, 5.41) is 10.8. The molecule has 3 rings (SSSR count). The number of rotatable bonds is 1. The molecule has 1 saturated heterocycles. The first kappa shape index (κ1) is 11.3. The van der Waals surface area contributed by atoms with Crippen molar-refractivity contribution >= 4 is 16.7 Å². The Balaban J connectivity index is 2.09. The van der Waals surface area contributed by atoms with Crippen LogP contribution >= 0.6 is 0 Å². The van der Waals surface area contributed by atoms with Crippen LogP contribution in [0.25, 0.3) is 10.9 Å². The molecule has 2 aromatic rings. The van der Waals surface area contributed by atoms with E-state index in [0.717, 1.165) is 41.9 Å². The van der Waals surface area contributed by atoms with Crippen molar-refractivity contribution < 1.29 is 5.11 Å². The van der Waals surface area contributed by atoms with E-state index in [4.69, 9.17) is 0 Å². The quantitative estimate of drug-likeness (QED) is 0.819. The van der Waals surface area contributed by atoms with Gasteiger partial charge in [0.15, 0.2) is 0 Å². The number of aromatic nitrogens is 3. The number of β-amino-alcohol motifs (C(OH)–C–C–N with tert-alkyl or cyclic N) is 1. The van der Waals surface area contributed by atoms with Crippen LogP contribution in [0.1, 0.15) is 18.7 Å². The molecule has 0 aromatic carbocycles. The van der Waals surface area contributed by atoms with Gasteiger partial charge in [-0.2, -0.15) is 0 Å². The minimum atomic E-state index is -0.258. The summed E-state index contributed by atoms with van der Waals surface area (Å²) in [4.78, 5) is 15.2. The number of aliphatic hydroxyl groups excluding tert-OH is 1. The second-order valence-corrected chi connectivity index (χ2v) is 4.73. The van der Waals surface area contributed by atoms with Crippen LogP contribution in [-0.2, 0) is 0 Å². The maximum atomic E-state index is 9.78. The van der Waals surface area contributed by atoms with Crippen LogP contribution in [0.5, 0.6) is 0 Å². The van der Waals surface area contributed by atoms with E-state index in [0.29, 0.717) is 6.54 Å². The van der Waals surface area contributed by atoms with Gasteiger partial charge in [0.2, 0.25) is 0 Å². The molecule has 0 bridgehead atoms. The largest absolute Gasteiger partial charge is 0.391 e. The predicted octanol–water partition coefficient (Wildman–Crippen LogP) is 1.29. The molecule has 1 aliphatic rings. The van der Waals surface area contributed by atoms with Crippen molar-refractivity contribution in [3.05, 3.63) is 24.3 Å². The highest BCUT2D eigenvalue weighted by Gasteiger charge is 2.21. The molecule has 1 fully saturated rings. The molecule has 5 heteroatoms. The monoisotopic (exact) mass is 244 g/mol. The van der Waals surface area contributed by atoms with Crippen molar-refractivity contribution in [2.75, 3.05) is 18.0 Å². The van der Waals surface area contributed by atoms with Crippen molar-refractivity contribution in [3.63, 3.8) is 0 Å². The Morgan fingerprint density at radius 1 is 1.39 bits per heavy atom. The number of pyridine rings is 1. The molecule has 0 amide bonds. The van der Waals surface area contributed by atoms with Crippen molar-refractivity contribution in [1.29, 1.82) is 0 Å². The SMILES string of the molecule is Cc1nc(N2CCCC(O)C2)c2ccncc2n1. The third-order valence-corrected chi connectivity index (χ3v) is 3.29. The lowest BCUT2D eigenvalue weighted by atomic mass is 10.1. The van der Waals surface area contributed by atoms with Crippen molar-refractivity contribution in [2.45, 2.75) is 25.9 Å². The second-order valence-electron chi connectivity index (χ2n) is 4.73. The molecule has 0 spiro atoms. The molecule has 1 N–H and O–H groups in total. The average molecular weight is 244 g/mol. The van der Waals surface area contributed by atoms with Gasteiger partial charge >= 0.3 is 0 Å². The molecule has 94 valence electrons. The van der Waals surface area contributed by atoms with Gasteiger partial charge in [-0.25, -0.2) is 9.97 Å². The third-order valence-electron chi connectivity index (χ3n) is 3.29. The van der Waals surface area contributed by atoms with Crippen LogP contribution in [0.4, 0.5) is 5.82 Å². The Labute approximate surface area is 106 Å². The molecule has 0 radical (unpaired) electrons. The highest BCUT2D eigenvalue weighted by atomic mass is 16.3. The van der Waals surface area contributed by atoms with Gasteiger partial charge in [-0.05, 0) is 25.8 Å². The van der Waals surface area contributed by atoms with E-state index >= 15 is 0 Å². The molecule has 5 nitrogen and oxygen atoms in total. The average Bonchev–Trinajstić information content (AvgIpc) is 2.37. The molecular weight excluding hydrogens is 228 g/mol. The van der Waals surface area contributed by atoms with E-state index < -0.39 is 0 Å². The van der Waals surface area contributed by atoms with Gasteiger partial charge in [0, 0.05) is 24.7 Å². The van der Waals surface area contributed by atoms with Crippen LogP contribution in [0, 0.1) is 6.92 Å². The molecule has 18 heavy (non-hydrogen) atoms. The molecule has 1 unspecified atom stereocenters. The molecule has 0 aliphatic carbocycles. The van der Waals surface area contributed by atoms with E-state index in [1.807, 2.05) is 13.0 Å². The number of aryl methyl sites for hydroxylation is 1. The Morgan fingerprint density at radius 2 is 2.28 bits per heavy atom. The second kappa shape index (κ2) is 4.49. The summed E-state index contributed by atoms with van der Waals surface area (Å²) in [6, 6.07) is 1.94. The fraction of sp³-hybridized carbons (Fsp3) is 0.462. The maximum Gasteiger partial charge on any atom is 0.140 e. The van der Waals surface area contributed by atoms with Crippen LogP contribution in [0.3, 0.4) is 0 Å². The van der Waals surface area contributed by atoms with Crippen LogP contribution in [0.2, 0.25) is 0 Å². The van der Waals surface area contributed by atoms with Crippen molar-refractivity contribution in [1.82, 2.24) is 15.0 Å². The number of nitrogens with zero attached hydrogens (tertiary/aromatic N) is 4. The summed E-state index contributed by atoms with van der Waals surface area (Å²) in [6.45, 7) is 3.47. The first-order valence-corrected chi connectivity index (χ1v) is 6.25. The van der Waals surface area contributed by atoms with Crippen LogP contribution < -0.4 is 4.90 Å². The minimum Gasteiger partial charge on any atom is -0.391 e. The first-order chi connectivity index (χ1) is 8.74. The normalized spacial score (nSPS) is 20.3. The third kappa shape index (κ3) is 2.01. The predicted molar refractivity (Wildman–Crippen MR) is 69.5 cm³/mol. The lowest BCUT2D eigenvalue weighted by Crippen LogP contribution is -2.39. The first-order valence-electron chi connectivity index (χ1n) is 6.25. The number of hydrogen-bond donors (Lipinski definition) is 1. The molecule has 0 saturated carbocycles. The van der Waals surface area contributed by atoms with Crippen LogP contribution in [-0.4, -0.2) is 39.3 Å². The van der Waals surface area contributed by atoms with Crippen LogP contribution in [0.15, 0.2) is 18.5 Å². The zero-order valence-corrected chi connectivity index (χ0v) is 10.4. The fourth-order valence-electron chi connectivity index (χ4n) is 2.47. The maximum absolute atomic E-state index is 9.78. The zero-order valence-electron chi connectivity index (χ0n) is 10.4. The number of fused-ring (bicyclic) bond motifs is 1. The molecule has 1 atom stereocenters. The van der Waals surface area contributed by atoms with Gasteiger partial charge in [-0.3, -0.25) is 4.98 Å². The topological polar surface area (TPSA) is 62.1 Å². The van der Waals surface area contributed by atoms with E-state index in [2.05, 4.69) is 19.9 Å². The van der Waals surface area contributed by atoms with Gasteiger partial charge in [0.25, 0.3) is 0 Å². The molecule has 3 heterocycles. The highest BCUT2D eigenvalue weighted by molar-refractivity contribution is 5.88. The number of anilines is 1. The summed E-state index contributed by atoms with van der Waals surface area (Å²) in [6.07, 6.45) is 5.13. The van der Waals surface area contributed by atoms with Gasteiger partial charge in [0.05, 0.1) is 17.8 Å². The van der Waals surface area contributed by atoms with Crippen molar-refractivity contribution in [2.24, 2.45) is 0 Å². The smallest absolute Gasteiger partial charge is 0.140 e. The van der Waals surface area contributed by atoms with Crippen molar-refractivity contribution in [3.8, 4) is 0 Å². The van der Waals surface area contributed by atoms with E-state index in [9.17, 15) is 5.11 Å². The fourth-order valence-corrected chi connectivity index (χ4v) is 2.47. The lowest BCUT2D eigenvalue weighted by Gasteiger charge is -2.31.